The topological polar surface area (TPSA) is 58.6 Å². The zero-order chi connectivity index (χ0) is 21.3. The molecule has 0 saturated carbocycles. The third kappa shape index (κ3) is 6.61. The van der Waals surface area contributed by atoms with Crippen LogP contribution >= 0.6 is 22.9 Å². The summed E-state index contributed by atoms with van der Waals surface area (Å²) in [6.07, 6.45) is -0.254. The van der Waals surface area contributed by atoms with Gasteiger partial charge in [0, 0.05) is 18.3 Å². The number of nitrogens with one attached hydrogen (secondary N) is 1. The average Bonchev–Trinajstić information content (AvgIpc) is 3.17. The van der Waals surface area contributed by atoms with Crippen LogP contribution in [0.5, 0.6) is 0 Å². The maximum atomic E-state index is 13.1. The van der Waals surface area contributed by atoms with E-state index < -0.39 is 12.1 Å². The molecule has 7 heteroatoms. The molecule has 0 spiro atoms. The van der Waals surface area contributed by atoms with E-state index in [0.717, 1.165) is 16.0 Å². The smallest absolute Gasteiger partial charge is 0.408 e. The normalized spacial score (nSPS) is 11.5. The van der Waals surface area contributed by atoms with Gasteiger partial charge < -0.3 is 15.0 Å². The molecular formula is C23H23ClN2O3S. The van der Waals surface area contributed by atoms with Crippen molar-refractivity contribution in [2.75, 3.05) is 7.05 Å². The second-order valence-electron chi connectivity index (χ2n) is 6.85. The molecule has 0 aliphatic carbocycles. The van der Waals surface area contributed by atoms with Gasteiger partial charge in [0.15, 0.2) is 0 Å². The first-order chi connectivity index (χ1) is 14.5. The van der Waals surface area contributed by atoms with Crippen LogP contribution in [0.25, 0.3) is 0 Å². The van der Waals surface area contributed by atoms with Crippen molar-refractivity contribution < 1.29 is 14.3 Å². The molecule has 0 unspecified atom stereocenters. The van der Waals surface area contributed by atoms with E-state index in [0.29, 0.717) is 17.3 Å². The van der Waals surface area contributed by atoms with Gasteiger partial charge >= 0.3 is 6.09 Å². The molecule has 5 nitrogen and oxygen atoms in total. The van der Waals surface area contributed by atoms with Gasteiger partial charge in [-0.2, -0.15) is 0 Å². The summed E-state index contributed by atoms with van der Waals surface area (Å²) in [6.45, 7) is 0.560. The minimum absolute atomic E-state index is 0.141. The van der Waals surface area contributed by atoms with Gasteiger partial charge in [-0.15, -0.1) is 11.3 Å². The summed E-state index contributed by atoms with van der Waals surface area (Å²) < 4.78 is 5.99. The van der Waals surface area contributed by atoms with Crippen LogP contribution in [-0.2, 0) is 29.1 Å². The maximum Gasteiger partial charge on any atom is 0.408 e. The van der Waals surface area contributed by atoms with Crippen LogP contribution in [-0.4, -0.2) is 30.0 Å². The summed E-state index contributed by atoms with van der Waals surface area (Å²) in [5.74, 6) is -0.194. The van der Waals surface area contributed by atoms with Gasteiger partial charge in [-0.25, -0.2) is 4.79 Å². The molecular weight excluding hydrogens is 420 g/mol. The van der Waals surface area contributed by atoms with E-state index in [-0.39, 0.29) is 12.5 Å². The molecule has 2 amide bonds. The number of likely N-dealkylation sites (N-methyl/N-ethyl adjacent to an activating group) is 1. The van der Waals surface area contributed by atoms with Crippen LogP contribution in [0.1, 0.15) is 16.0 Å². The highest BCUT2D eigenvalue weighted by Crippen LogP contribution is 2.22. The second-order valence-corrected chi connectivity index (χ2v) is 8.65. The van der Waals surface area contributed by atoms with Crippen LogP contribution in [0.4, 0.5) is 4.79 Å². The first-order valence-corrected chi connectivity index (χ1v) is 10.7. The number of halogens is 1. The van der Waals surface area contributed by atoms with Crippen molar-refractivity contribution in [1.29, 1.82) is 0 Å². The summed E-state index contributed by atoms with van der Waals surface area (Å²) in [7, 11) is 1.71. The molecule has 0 aliphatic heterocycles. The molecule has 30 heavy (non-hydrogen) atoms. The van der Waals surface area contributed by atoms with Gasteiger partial charge in [-0.1, -0.05) is 72.3 Å². The van der Waals surface area contributed by atoms with Crippen molar-refractivity contribution in [3.63, 3.8) is 0 Å². The summed E-state index contributed by atoms with van der Waals surface area (Å²) >= 11 is 7.42. The zero-order valence-electron chi connectivity index (χ0n) is 16.6. The van der Waals surface area contributed by atoms with Gasteiger partial charge in [0.2, 0.25) is 5.91 Å². The molecule has 0 radical (unpaired) electrons. The number of alkyl carbamates (subject to hydrolysis) is 1. The largest absolute Gasteiger partial charge is 0.445 e. The quantitative estimate of drug-likeness (QED) is 0.540. The van der Waals surface area contributed by atoms with E-state index in [1.807, 2.05) is 66.7 Å². The highest BCUT2D eigenvalue weighted by atomic mass is 35.5. The molecule has 1 heterocycles. The monoisotopic (exact) mass is 442 g/mol. The van der Waals surface area contributed by atoms with Crippen molar-refractivity contribution in [3.8, 4) is 0 Å². The van der Waals surface area contributed by atoms with Crippen molar-refractivity contribution >= 4 is 34.9 Å². The number of carbonyl (C=O) groups is 2. The molecule has 1 N–H and O–H groups in total. The fourth-order valence-corrected chi connectivity index (χ4v) is 4.11. The Balaban J connectivity index is 1.65. The highest BCUT2D eigenvalue weighted by Gasteiger charge is 2.25. The Hall–Kier alpha value is -2.83. The Morgan fingerprint density at radius 3 is 2.23 bits per heavy atom. The summed E-state index contributed by atoms with van der Waals surface area (Å²) in [4.78, 5) is 28.0. The lowest BCUT2D eigenvalue weighted by Gasteiger charge is -2.24. The van der Waals surface area contributed by atoms with Gasteiger partial charge in [0.25, 0.3) is 0 Å². The van der Waals surface area contributed by atoms with Crippen LogP contribution in [0, 0.1) is 0 Å². The van der Waals surface area contributed by atoms with E-state index in [1.54, 1.807) is 18.0 Å². The molecule has 1 atom stereocenters. The lowest BCUT2D eigenvalue weighted by atomic mass is 10.0. The van der Waals surface area contributed by atoms with Crippen molar-refractivity contribution in [1.82, 2.24) is 10.2 Å². The van der Waals surface area contributed by atoms with Gasteiger partial charge in [-0.3, -0.25) is 4.79 Å². The number of thiophene rings is 1. The predicted molar refractivity (Wildman–Crippen MR) is 119 cm³/mol. The number of amides is 2. The summed E-state index contributed by atoms with van der Waals surface area (Å²) in [5.41, 5.74) is 1.83. The summed E-state index contributed by atoms with van der Waals surface area (Å²) in [6, 6.07) is 21.9. The van der Waals surface area contributed by atoms with Crippen LogP contribution < -0.4 is 5.32 Å². The lowest BCUT2D eigenvalue weighted by Crippen LogP contribution is -2.48. The third-order valence-corrected chi connectivity index (χ3v) is 5.70. The molecule has 3 rings (SSSR count). The maximum absolute atomic E-state index is 13.1. The SMILES string of the molecule is CN(Cc1ccc(Cl)s1)C(=O)[C@H](Cc1ccccc1)NC(=O)OCc1ccccc1. The number of benzene rings is 2. The minimum atomic E-state index is -0.740. The number of hydrogen-bond donors (Lipinski definition) is 1. The van der Waals surface area contributed by atoms with Crippen LogP contribution in [0.3, 0.4) is 0 Å². The van der Waals surface area contributed by atoms with E-state index in [2.05, 4.69) is 5.32 Å². The Labute approximate surface area is 185 Å². The van der Waals surface area contributed by atoms with E-state index in [9.17, 15) is 9.59 Å². The fourth-order valence-electron chi connectivity index (χ4n) is 2.97. The predicted octanol–water partition coefficient (Wildman–Crippen LogP) is 4.90. The Bertz CT molecular complexity index is 963. The van der Waals surface area contributed by atoms with Crippen molar-refractivity contribution in [2.45, 2.75) is 25.6 Å². The van der Waals surface area contributed by atoms with Gasteiger partial charge in [0.1, 0.15) is 12.6 Å². The van der Waals surface area contributed by atoms with Crippen LogP contribution in [0.15, 0.2) is 72.8 Å². The molecule has 2 aromatic carbocycles. The van der Waals surface area contributed by atoms with Gasteiger partial charge in [-0.05, 0) is 23.3 Å². The molecule has 0 bridgehead atoms. The third-order valence-electron chi connectivity index (χ3n) is 4.48. The Kier molecular flexibility index (Phi) is 7.88. The minimum Gasteiger partial charge on any atom is -0.445 e. The Morgan fingerprint density at radius 1 is 1.00 bits per heavy atom. The molecule has 1 aromatic heterocycles. The standard InChI is InChI=1S/C23H23ClN2O3S/c1-26(15-19-12-13-21(24)30-19)22(27)20(14-17-8-4-2-5-9-17)25-23(28)29-16-18-10-6-3-7-11-18/h2-13,20H,14-16H2,1H3,(H,25,28)/t20-/m0/s1. The molecule has 0 fully saturated rings. The van der Waals surface area contributed by atoms with Crippen molar-refractivity contribution in [2.24, 2.45) is 0 Å². The number of rotatable bonds is 8. The van der Waals surface area contributed by atoms with Gasteiger partial charge in [0.05, 0.1) is 10.9 Å². The lowest BCUT2D eigenvalue weighted by molar-refractivity contribution is -0.132. The number of ether oxygens (including phenoxy) is 1. The first kappa shape index (κ1) is 21.9. The number of nitrogens with zero attached hydrogens (tertiary/aromatic N) is 1. The summed E-state index contributed by atoms with van der Waals surface area (Å²) in [5, 5.41) is 2.73. The second kappa shape index (κ2) is 10.8. The van der Waals surface area contributed by atoms with E-state index in [4.69, 9.17) is 16.3 Å². The first-order valence-electron chi connectivity index (χ1n) is 9.51. The molecule has 0 aliphatic rings. The van der Waals surface area contributed by atoms with E-state index >= 15 is 0 Å². The molecule has 0 saturated heterocycles. The average molecular weight is 443 g/mol. The fraction of sp³-hybridized carbons (Fsp3) is 0.217. The Morgan fingerprint density at radius 2 is 1.63 bits per heavy atom. The molecule has 156 valence electrons. The van der Waals surface area contributed by atoms with Crippen LogP contribution in [0.2, 0.25) is 4.34 Å². The number of carbonyl (C=O) groups excluding carboxylic acids is 2. The van der Waals surface area contributed by atoms with Crippen molar-refractivity contribution in [3.05, 3.63) is 93.1 Å². The van der Waals surface area contributed by atoms with E-state index in [1.165, 1.54) is 11.3 Å². The number of hydrogen-bond acceptors (Lipinski definition) is 4. The highest BCUT2D eigenvalue weighted by molar-refractivity contribution is 7.16. The molecule has 3 aromatic rings. The zero-order valence-corrected chi connectivity index (χ0v) is 18.2.